The Morgan fingerprint density at radius 1 is 1.43 bits per heavy atom. The molecule has 1 aliphatic heterocycles. The Balaban J connectivity index is 1.55. The Kier molecular flexibility index (Phi) is 3.94. The van der Waals surface area contributed by atoms with Crippen molar-refractivity contribution < 1.29 is 18.8 Å². The second-order valence-corrected chi connectivity index (χ2v) is 6.08. The Hall–Kier alpha value is -2.57. The third-order valence-corrected chi connectivity index (χ3v) is 3.42. The number of para-hydroxylation sites is 1. The highest BCUT2D eigenvalue weighted by Crippen LogP contribution is 2.41. The number of ether oxygens (including phenoxy) is 2. The Labute approximate surface area is 134 Å². The van der Waals surface area contributed by atoms with Crippen LogP contribution >= 0.6 is 0 Å². The number of aryl methyl sites for hydroxylation is 1. The number of nitrogens with one attached hydrogen (secondary N) is 1. The van der Waals surface area contributed by atoms with Crippen molar-refractivity contribution in [1.82, 2.24) is 15.5 Å². The first-order valence-corrected chi connectivity index (χ1v) is 7.42. The lowest BCUT2D eigenvalue weighted by atomic mass is 10.0. The molecule has 0 saturated carbocycles. The van der Waals surface area contributed by atoms with E-state index in [1.807, 2.05) is 26.0 Å². The van der Waals surface area contributed by atoms with E-state index in [0.717, 1.165) is 17.7 Å². The number of carbonyl (C=O) groups is 1. The van der Waals surface area contributed by atoms with E-state index in [1.54, 1.807) is 13.0 Å². The number of hydrogen-bond donors (Lipinski definition) is 1. The maximum Gasteiger partial charge on any atom is 0.258 e. The monoisotopic (exact) mass is 317 g/mol. The van der Waals surface area contributed by atoms with Gasteiger partial charge in [0.1, 0.15) is 5.60 Å². The van der Waals surface area contributed by atoms with E-state index in [4.69, 9.17) is 14.0 Å². The molecule has 23 heavy (non-hydrogen) atoms. The molecule has 122 valence electrons. The van der Waals surface area contributed by atoms with Gasteiger partial charge in [0.25, 0.3) is 5.91 Å². The first kappa shape index (κ1) is 15.3. The maximum absolute atomic E-state index is 11.9. The lowest BCUT2D eigenvalue weighted by Gasteiger charge is -2.18. The Morgan fingerprint density at radius 2 is 2.26 bits per heavy atom. The molecular formula is C16H19N3O4. The highest BCUT2D eigenvalue weighted by atomic mass is 16.5. The summed E-state index contributed by atoms with van der Waals surface area (Å²) in [5.41, 5.74) is 0.842. The molecule has 0 spiro atoms. The minimum atomic E-state index is -0.268. The fourth-order valence-electron chi connectivity index (χ4n) is 2.48. The summed E-state index contributed by atoms with van der Waals surface area (Å²) in [5.74, 6) is 1.93. The van der Waals surface area contributed by atoms with Gasteiger partial charge in [-0.15, -0.1) is 0 Å². The van der Waals surface area contributed by atoms with Gasteiger partial charge in [-0.05, 0) is 26.8 Å². The molecule has 0 radical (unpaired) electrons. The SMILES string of the molecule is Cc1noc(CNC(=O)COc2cccc3c2OC(C)(C)C3)n1. The average Bonchev–Trinajstić information content (AvgIpc) is 3.04. The van der Waals surface area contributed by atoms with E-state index in [0.29, 0.717) is 17.5 Å². The van der Waals surface area contributed by atoms with E-state index in [1.165, 1.54) is 0 Å². The first-order valence-electron chi connectivity index (χ1n) is 7.42. The summed E-state index contributed by atoms with van der Waals surface area (Å²) in [6, 6.07) is 5.71. The van der Waals surface area contributed by atoms with Crippen LogP contribution in [0.15, 0.2) is 22.7 Å². The second kappa shape index (κ2) is 5.91. The van der Waals surface area contributed by atoms with Crippen LogP contribution in [0.4, 0.5) is 0 Å². The second-order valence-electron chi connectivity index (χ2n) is 6.08. The van der Waals surface area contributed by atoms with Crippen molar-refractivity contribution >= 4 is 5.91 Å². The third kappa shape index (κ3) is 3.61. The van der Waals surface area contributed by atoms with Crippen LogP contribution in [0.3, 0.4) is 0 Å². The van der Waals surface area contributed by atoms with Gasteiger partial charge in [0.15, 0.2) is 23.9 Å². The molecule has 0 aliphatic carbocycles. The van der Waals surface area contributed by atoms with Gasteiger partial charge in [-0.2, -0.15) is 4.98 Å². The molecule has 1 aromatic heterocycles. The molecule has 0 atom stereocenters. The summed E-state index contributed by atoms with van der Waals surface area (Å²) < 4.78 is 16.4. The highest BCUT2D eigenvalue weighted by molar-refractivity contribution is 5.77. The summed E-state index contributed by atoms with van der Waals surface area (Å²) in [6.45, 7) is 5.84. The van der Waals surface area contributed by atoms with Crippen LogP contribution in [-0.2, 0) is 17.8 Å². The molecule has 0 saturated heterocycles. The van der Waals surface area contributed by atoms with Crippen LogP contribution in [0.5, 0.6) is 11.5 Å². The van der Waals surface area contributed by atoms with Crippen LogP contribution in [-0.4, -0.2) is 28.3 Å². The number of hydrogen-bond acceptors (Lipinski definition) is 6. The van der Waals surface area contributed by atoms with E-state index < -0.39 is 0 Å². The highest BCUT2D eigenvalue weighted by Gasteiger charge is 2.32. The van der Waals surface area contributed by atoms with Gasteiger partial charge in [0, 0.05) is 12.0 Å². The molecular weight excluding hydrogens is 298 g/mol. The quantitative estimate of drug-likeness (QED) is 0.904. The zero-order chi connectivity index (χ0) is 16.4. The molecule has 7 heteroatoms. The normalized spacial score (nSPS) is 14.9. The lowest BCUT2D eigenvalue weighted by molar-refractivity contribution is -0.123. The van der Waals surface area contributed by atoms with Crippen molar-refractivity contribution in [1.29, 1.82) is 0 Å². The standard InChI is InChI=1S/C16H19N3O4/c1-10-18-14(23-19-10)8-17-13(20)9-21-12-6-4-5-11-7-16(2,3)22-15(11)12/h4-6H,7-9H2,1-3H3,(H,17,20). The molecule has 2 heterocycles. The van der Waals surface area contributed by atoms with Gasteiger partial charge in [-0.1, -0.05) is 17.3 Å². The smallest absolute Gasteiger partial charge is 0.258 e. The van der Waals surface area contributed by atoms with Crippen molar-refractivity contribution in [2.24, 2.45) is 0 Å². The van der Waals surface area contributed by atoms with E-state index in [2.05, 4.69) is 15.5 Å². The molecule has 1 amide bonds. The molecule has 7 nitrogen and oxygen atoms in total. The number of benzene rings is 1. The van der Waals surface area contributed by atoms with Gasteiger partial charge in [-0.25, -0.2) is 0 Å². The Morgan fingerprint density at radius 3 is 3.00 bits per heavy atom. The fraction of sp³-hybridized carbons (Fsp3) is 0.438. The summed E-state index contributed by atoms with van der Waals surface area (Å²) in [6.07, 6.45) is 0.822. The van der Waals surface area contributed by atoms with E-state index in [-0.39, 0.29) is 24.7 Å². The van der Waals surface area contributed by atoms with Crippen molar-refractivity contribution in [2.45, 2.75) is 39.3 Å². The number of amides is 1. The lowest BCUT2D eigenvalue weighted by Crippen LogP contribution is -2.28. The minimum absolute atomic E-state index is 0.104. The molecule has 2 aromatic rings. The summed E-state index contributed by atoms with van der Waals surface area (Å²) in [7, 11) is 0. The summed E-state index contributed by atoms with van der Waals surface area (Å²) >= 11 is 0. The summed E-state index contributed by atoms with van der Waals surface area (Å²) in [4.78, 5) is 15.9. The van der Waals surface area contributed by atoms with Crippen molar-refractivity contribution in [3.05, 3.63) is 35.5 Å². The number of fused-ring (bicyclic) bond motifs is 1. The minimum Gasteiger partial charge on any atom is -0.483 e. The zero-order valence-corrected chi connectivity index (χ0v) is 13.4. The van der Waals surface area contributed by atoms with Crippen molar-refractivity contribution in [2.75, 3.05) is 6.61 Å². The van der Waals surface area contributed by atoms with Gasteiger partial charge >= 0.3 is 0 Å². The fourth-order valence-corrected chi connectivity index (χ4v) is 2.48. The number of aromatic nitrogens is 2. The Bertz CT molecular complexity index is 724. The van der Waals surface area contributed by atoms with Gasteiger partial charge < -0.3 is 19.3 Å². The topological polar surface area (TPSA) is 86.5 Å². The largest absolute Gasteiger partial charge is 0.483 e. The van der Waals surface area contributed by atoms with Crippen molar-refractivity contribution in [3.8, 4) is 11.5 Å². The molecule has 3 rings (SSSR count). The maximum atomic E-state index is 11.9. The van der Waals surface area contributed by atoms with Gasteiger partial charge in [0.2, 0.25) is 5.89 Å². The van der Waals surface area contributed by atoms with Gasteiger partial charge in [-0.3, -0.25) is 4.79 Å². The van der Waals surface area contributed by atoms with Crippen LogP contribution < -0.4 is 14.8 Å². The van der Waals surface area contributed by atoms with Crippen LogP contribution in [0, 0.1) is 6.92 Å². The average molecular weight is 317 g/mol. The number of carbonyl (C=O) groups excluding carboxylic acids is 1. The predicted octanol–water partition coefficient (Wildman–Crippen LogP) is 1.79. The molecule has 1 aromatic carbocycles. The number of nitrogens with zero attached hydrogens (tertiary/aromatic N) is 2. The van der Waals surface area contributed by atoms with Crippen LogP contribution in [0.1, 0.15) is 31.1 Å². The molecule has 1 N–H and O–H groups in total. The third-order valence-electron chi connectivity index (χ3n) is 3.42. The molecule has 0 fully saturated rings. The van der Waals surface area contributed by atoms with Crippen LogP contribution in [0.25, 0.3) is 0 Å². The van der Waals surface area contributed by atoms with Crippen LogP contribution in [0.2, 0.25) is 0 Å². The molecule has 0 unspecified atom stereocenters. The molecule has 0 bridgehead atoms. The molecule has 1 aliphatic rings. The van der Waals surface area contributed by atoms with Crippen molar-refractivity contribution in [3.63, 3.8) is 0 Å². The first-order chi connectivity index (χ1) is 10.9. The van der Waals surface area contributed by atoms with E-state index >= 15 is 0 Å². The summed E-state index contributed by atoms with van der Waals surface area (Å²) in [5, 5.41) is 6.32. The predicted molar refractivity (Wildman–Crippen MR) is 81.2 cm³/mol. The van der Waals surface area contributed by atoms with E-state index in [9.17, 15) is 4.79 Å². The zero-order valence-electron chi connectivity index (χ0n) is 13.4. The number of rotatable bonds is 5. The van der Waals surface area contributed by atoms with Gasteiger partial charge in [0.05, 0.1) is 6.54 Å².